The maximum atomic E-state index is 12.7. The van der Waals surface area contributed by atoms with Gasteiger partial charge in [0.05, 0.1) is 18.9 Å². The van der Waals surface area contributed by atoms with Crippen molar-refractivity contribution >= 4 is 27.3 Å². The van der Waals surface area contributed by atoms with E-state index in [-0.39, 0.29) is 11.8 Å². The highest BCUT2D eigenvalue weighted by molar-refractivity contribution is 7.88. The Hall–Kier alpha value is -2.98. The monoisotopic (exact) mass is 415 g/mol. The van der Waals surface area contributed by atoms with E-state index < -0.39 is 10.0 Å². The fourth-order valence-corrected chi connectivity index (χ4v) is 4.35. The van der Waals surface area contributed by atoms with Crippen LogP contribution in [0, 0.1) is 0 Å². The van der Waals surface area contributed by atoms with E-state index in [1.54, 1.807) is 54.1 Å². The second-order valence-electron chi connectivity index (χ2n) is 7.00. The van der Waals surface area contributed by atoms with Crippen molar-refractivity contribution < 1.29 is 17.9 Å². The fraction of sp³-hybridized carbons (Fsp3) is 0.316. The lowest BCUT2D eigenvalue weighted by Crippen LogP contribution is -2.27. The first-order valence-electron chi connectivity index (χ1n) is 9.10. The van der Waals surface area contributed by atoms with Crippen LogP contribution in [0.1, 0.15) is 28.5 Å². The van der Waals surface area contributed by atoms with Gasteiger partial charge in [-0.1, -0.05) is 6.07 Å². The number of carbonyl (C=O) groups excluding carboxylic acids is 1. The summed E-state index contributed by atoms with van der Waals surface area (Å²) in [6.07, 6.45) is 3.55. The molecule has 1 fully saturated rings. The number of sulfonamides is 1. The van der Waals surface area contributed by atoms with Crippen molar-refractivity contribution in [3.8, 4) is 5.75 Å². The Bertz CT molecular complexity index is 1170. The summed E-state index contributed by atoms with van der Waals surface area (Å²) < 4.78 is 32.0. The van der Waals surface area contributed by atoms with E-state index in [1.165, 1.54) is 10.6 Å². The molecule has 1 aliphatic heterocycles. The van der Waals surface area contributed by atoms with Crippen LogP contribution in [0.5, 0.6) is 5.75 Å². The largest absolute Gasteiger partial charge is 0.497 e. The number of ether oxygens (including phenoxy) is 1. The number of hydrogen-bond acceptors (Lipinski definition) is 6. The molecule has 152 valence electrons. The molecule has 1 atom stereocenters. The molecule has 9 nitrogen and oxygen atoms in total. The van der Waals surface area contributed by atoms with Crippen LogP contribution in [0.2, 0.25) is 0 Å². The molecule has 29 heavy (non-hydrogen) atoms. The number of fused-ring (bicyclic) bond motifs is 1. The number of rotatable bonds is 5. The molecule has 0 bridgehead atoms. The Morgan fingerprint density at radius 2 is 2.07 bits per heavy atom. The highest BCUT2D eigenvalue weighted by atomic mass is 32.2. The summed E-state index contributed by atoms with van der Waals surface area (Å²) in [7, 11) is -1.67. The Kier molecular flexibility index (Phi) is 4.97. The molecular formula is C19H21N5O4S. The minimum Gasteiger partial charge on any atom is -0.497 e. The van der Waals surface area contributed by atoms with Crippen LogP contribution in [0.3, 0.4) is 0 Å². The molecule has 1 N–H and O–H groups in total. The Labute approximate surface area is 168 Å². The van der Waals surface area contributed by atoms with Gasteiger partial charge in [-0.3, -0.25) is 9.20 Å². The minimum atomic E-state index is -3.24. The molecule has 1 saturated heterocycles. The van der Waals surface area contributed by atoms with E-state index in [4.69, 9.17) is 4.74 Å². The van der Waals surface area contributed by atoms with E-state index in [2.05, 4.69) is 15.5 Å². The minimum absolute atomic E-state index is 0.0728. The molecule has 2 aromatic heterocycles. The predicted octanol–water partition coefficient (Wildman–Crippen LogP) is 1.74. The predicted molar refractivity (Wildman–Crippen MR) is 108 cm³/mol. The van der Waals surface area contributed by atoms with E-state index >= 15 is 0 Å². The van der Waals surface area contributed by atoms with E-state index in [0.717, 1.165) is 0 Å². The molecule has 3 heterocycles. The maximum Gasteiger partial charge on any atom is 0.257 e. The van der Waals surface area contributed by atoms with Crippen molar-refractivity contribution in [1.29, 1.82) is 0 Å². The molecule has 1 amide bonds. The van der Waals surface area contributed by atoms with Crippen LogP contribution in [0.4, 0.5) is 5.69 Å². The van der Waals surface area contributed by atoms with Crippen molar-refractivity contribution in [3.05, 3.63) is 54.0 Å². The molecule has 0 aliphatic carbocycles. The summed E-state index contributed by atoms with van der Waals surface area (Å²) in [4.78, 5) is 12.7. The summed E-state index contributed by atoms with van der Waals surface area (Å²) in [6, 6.07) is 10.5. The molecule has 10 heteroatoms. The smallest absolute Gasteiger partial charge is 0.257 e. The lowest BCUT2D eigenvalue weighted by atomic mass is 10.1. The molecule has 0 radical (unpaired) electrons. The van der Waals surface area contributed by atoms with Gasteiger partial charge in [-0.05, 0) is 30.7 Å². The first kappa shape index (κ1) is 19.3. The van der Waals surface area contributed by atoms with E-state index in [0.29, 0.717) is 48.0 Å². The lowest BCUT2D eigenvalue weighted by Gasteiger charge is -2.12. The molecule has 3 aromatic rings. The summed E-state index contributed by atoms with van der Waals surface area (Å²) >= 11 is 0. The van der Waals surface area contributed by atoms with Crippen molar-refractivity contribution in [2.75, 3.05) is 31.8 Å². The van der Waals surface area contributed by atoms with Gasteiger partial charge in [0.1, 0.15) is 11.6 Å². The third-order valence-electron chi connectivity index (χ3n) is 5.00. The van der Waals surface area contributed by atoms with Crippen LogP contribution in [0.25, 0.3) is 5.65 Å². The first-order chi connectivity index (χ1) is 13.8. The van der Waals surface area contributed by atoms with Gasteiger partial charge < -0.3 is 10.1 Å². The number of nitrogens with one attached hydrogen (secondary N) is 1. The number of anilines is 1. The van der Waals surface area contributed by atoms with Gasteiger partial charge in [-0.25, -0.2) is 12.7 Å². The second-order valence-corrected chi connectivity index (χ2v) is 8.98. The van der Waals surface area contributed by atoms with E-state index in [1.807, 2.05) is 0 Å². The zero-order valence-corrected chi connectivity index (χ0v) is 16.9. The average Bonchev–Trinajstić information content (AvgIpc) is 3.34. The quantitative estimate of drug-likeness (QED) is 0.680. The third kappa shape index (κ3) is 3.94. The Morgan fingerprint density at radius 1 is 1.24 bits per heavy atom. The Balaban J connectivity index is 1.59. The van der Waals surface area contributed by atoms with Gasteiger partial charge in [0, 0.05) is 37.0 Å². The van der Waals surface area contributed by atoms with Crippen molar-refractivity contribution in [3.63, 3.8) is 0 Å². The number of nitrogens with zero attached hydrogens (tertiary/aromatic N) is 4. The zero-order valence-electron chi connectivity index (χ0n) is 16.1. The summed E-state index contributed by atoms with van der Waals surface area (Å²) in [5, 5.41) is 11.2. The van der Waals surface area contributed by atoms with Gasteiger partial charge in [0.15, 0.2) is 5.65 Å². The number of amides is 1. The fourth-order valence-electron chi connectivity index (χ4n) is 3.47. The van der Waals surface area contributed by atoms with E-state index in [9.17, 15) is 13.2 Å². The number of carbonyl (C=O) groups is 1. The summed E-state index contributed by atoms with van der Waals surface area (Å²) in [5.74, 6) is 0.957. The van der Waals surface area contributed by atoms with Crippen LogP contribution in [-0.4, -0.2) is 59.7 Å². The zero-order chi connectivity index (χ0) is 20.6. The summed E-state index contributed by atoms with van der Waals surface area (Å²) in [5.41, 5.74) is 1.67. The van der Waals surface area contributed by atoms with Gasteiger partial charge in [0.25, 0.3) is 5.91 Å². The molecular weight excluding hydrogens is 394 g/mol. The third-order valence-corrected chi connectivity index (χ3v) is 6.27. The number of methoxy groups -OCH3 is 1. The second kappa shape index (κ2) is 7.45. The van der Waals surface area contributed by atoms with Gasteiger partial charge >= 0.3 is 0 Å². The SMILES string of the molecule is COc1cccc(NC(=O)c2ccc3nnc(C4CCN(S(C)(=O)=O)C4)n3c2)c1. The molecule has 4 rings (SSSR count). The number of benzene rings is 1. The van der Waals surface area contributed by atoms with Gasteiger partial charge in [0.2, 0.25) is 10.0 Å². The molecule has 1 aliphatic rings. The number of pyridine rings is 1. The highest BCUT2D eigenvalue weighted by Crippen LogP contribution is 2.28. The normalized spacial score (nSPS) is 17.5. The van der Waals surface area contributed by atoms with Crippen molar-refractivity contribution in [2.45, 2.75) is 12.3 Å². The number of hydrogen-bond donors (Lipinski definition) is 1. The maximum absolute atomic E-state index is 12.7. The Morgan fingerprint density at radius 3 is 2.79 bits per heavy atom. The van der Waals surface area contributed by atoms with Gasteiger partial charge in [-0.2, -0.15) is 0 Å². The standard InChI is InChI=1S/C19H21N5O4S/c1-28-16-5-3-4-15(10-16)20-19(25)14-6-7-17-21-22-18(24(17)12-14)13-8-9-23(11-13)29(2,26)27/h3-7,10,12-13H,8-9,11H2,1-2H3,(H,20,25). The summed E-state index contributed by atoms with van der Waals surface area (Å²) in [6.45, 7) is 0.814. The van der Waals surface area contributed by atoms with Gasteiger partial charge in [-0.15, -0.1) is 10.2 Å². The lowest BCUT2D eigenvalue weighted by molar-refractivity contribution is 0.102. The molecule has 0 saturated carbocycles. The van der Waals surface area contributed by atoms with Crippen LogP contribution < -0.4 is 10.1 Å². The molecule has 0 spiro atoms. The van der Waals surface area contributed by atoms with Crippen LogP contribution >= 0.6 is 0 Å². The van der Waals surface area contributed by atoms with Crippen LogP contribution in [-0.2, 0) is 10.0 Å². The molecule has 1 aromatic carbocycles. The first-order valence-corrected chi connectivity index (χ1v) is 10.9. The average molecular weight is 415 g/mol. The number of aromatic nitrogens is 3. The van der Waals surface area contributed by atoms with Crippen LogP contribution in [0.15, 0.2) is 42.6 Å². The molecule has 1 unspecified atom stereocenters. The van der Waals surface area contributed by atoms with Crippen molar-refractivity contribution in [2.24, 2.45) is 0 Å². The van der Waals surface area contributed by atoms with Crippen molar-refractivity contribution in [1.82, 2.24) is 18.9 Å². The topological polar surface area (TPSA) is 106 Å². The highest BCUT2D eigenvalue weighted by Gasteiger charge is 2.32.